The van der Waals surface area contributed by atoms with Gasteiger partial charge in [-0.05, 0) is 36.2 Å². The van der Waals surface area contributed by atoms with Crippen molar-refractivity contribution in [2.75, 3.05) is 31.1 Å². The third-order valence-electron chi connectivity index (χ3n) is 5.64. The van der Waals surface area contributed by atoms with Crippen LogP contribution in [0.25, 0.3) is 0 Å². The first-order valence-corrected chi connectivity index (χ1v) is 10.1. The molecule has 8 nitrogen and oxygen atoms in total. The van der Waals surface area contributed by atoms with Crippen molar-refractivity contribution in [3.8, 4) is 6.07 Å². The van der Waals surface area contributed by atoms with Gasteiger partial charge in [-0.15, -0.1) is 0 Å². The predicted molar refractivity (Wildman–Crippen MR) is 109 cm³/mol. The number of ether oxygens (including phenoxy) is 2. The summed E-state index contributed by atoms with van der Waals surface area (Å²) in [5.41, 5.74) is 2.34. The maximum absolute atomic E-state index is 12.4. The normalized spacial score (nSPS) is 23.1. The zero-order valence-electron chi connectivity index (χ0n) is 16.8. The van der Waals surface area contributed by atoms with Crippen molar-refractivity contribution >= 4 is 17.7 Å². The molecule has 31 heavy (non-hydrogen) atoms. The number of hydrogen-bond donors (Lipinski definition) is 0. The molecule has 2 heterocycles. The first-order chi connectivity index (χ1) is 15.0. The first-order valence-electron chi connectivity index (χ1n) is 10.1. The van der Waals surface area contributed by atoms with Gasteiger partial charge in [0.2, 0.25) is 0 Å². The van der Waals surface area contributed by atoms with E-state index in [1.54, 1.807) is 29.2 Å². The maximum Gasteiger partial charge on any atom is 0.414 e. The smallest absolute Gasteiger partial charge is 0.414 e. The molecule has 0 saturated carbocycles. The summed E-state index contributed by atoms with van der Waals surface area (Å²) in [5.74, 6) is -1.24. The Kier molecular flexibility index (Phi) is 6.16. The van der Waals surface area contributed by atoms with Crippen molar-refractivity contribution in [3.05, 3.63) is 65.7 Å². The summed E-state index contributed by atoms with van der Waals surface area (Å²) in [4.78, 5) is 26.9. The zero-order valence-corrected chi connectivity index (χ0v) is 16.8. The predicted octanol–water partition coefficient (Wildman–Crippen LogP) is 0.945. The number of aliphatic carboxylic acids is 1. The van der Waals surface area contributed by atoms with Crippen LogP contribution in [-0.2, 0) is 20.7 Å². The van der Waals surface area contributed by atoms with Gasteiger partial charge < -0.3 is 19.4 Å². The second-order valence-corrected chi connectivity index (χ2v) is 7.71. The van der Waals surface area contributed by atoms with Crippen molar-refractivity contribution in [2.24, 2.45) is 0 Å². The number of carboxylic acid groups (broad SMARTS) is 1. The molecular formula is C23H22N3O5-. The van der Waals surface area contributed by atoms with Gasteiger partial charge >= 0.3 is 6.09 Å². The van der Waals surface area contributed by atoms with Gasteiger partial charge in [-0.25, -0.2) is 4.79 Å². The number of carbonyl (C=O) groups excluding carboxylic acids is 2. The number of carbonyl (C=O) groups is 2. The van der Waals surface area contributed by atoms with E-state index in [1.165, 1.54) is 0 Å². The molecule has 0 radical (unpaired) electrons. The Morgan fingerprint density at radius 2 is 1.90 bits per heavy atom. The Balaban J connectivity index is 1.39. The van der Waals surface area contributed by atoms with Crippen LogP contribution in [0.1, 0.15) is 11.1 Å². The Hall–Kier alpha value is -3.41. The highest BCUT2D eigenvalue weighted by Crippen LogP contribution is 2.28. The van der Waals surface area contributed by atoms with E-state index in [0.29, 0.717) is 37.3 Å². The Morgan fingerprint density at radius 1 is 1.16 bits per heavy atom. The van der Waals surface area contributed by atoms with E-state index in [9.17, 15) is 14.7 Å². The summed E-state index contributed by atoms with van der Waals surface area (Å²) in [6, 6.07) is 18.8. The van der Waals surface area contributed by atoms with Gasteiger partial charge in [0.05, 0.1) is 36.9 Å². The molecule has 0 aromatic heterocycles. The fourth-order valence-corrected chi connectivity index (χ4v) is 4.06. The van der Waals surface area contributed by atoms with Crippen LogP contribution in [0.5, 0.6) is 0 Å². The lowest BCUT2D eigenvalue weighted by Gasteiger charge is -2.48. The summed E-state index contributed by atoms with van der Waals surface area (Å²) in [7, 11) is 0. The molecule has 2 aromatic rings. The van der Waals surface area contributed by atoms with E-state index in [2.05, 4.69) is 11.0 Å². The van der Waals surface area contributed by atoms with Gasteiger partial charge in [0.15, 0.2) is 0 Å². The first kappa shape index (κ1) is 20.8. The standard InChI is InChI=1S/C23H23N3O5/c24-11-17-6-8-18(9-7-17)26-13-19(31-23(26)29)12-25-14-21(30-15-22(27)28)20(25)10-16-4-2-1-3-5-16/h1-9,19-21H,10,12-15H2,(H,27,28)/p-1. The van der Waals surface area contributed by atoms with Gasteiger partial charge in [0.1, 0.15) is 6.10 Å². The second kappa shape index (κ2) is 9.16. The van der Waals surface area contributed by atoms with E-state index < -0.39 is 18.7 Å². The van der Waals surface area contributed by atoms with Crippen LogP contribution in [0.15, 0.2) is 54.6 Å². The number of carboxylic acids is 1. The summed E-state index contributed by atoms with van der Waals surface area (Å²) < 4.78 is 11.1. The summed E-state index contributed by atoms with van der Waals surface area (Å²) in [5, 5.41) is 19.7. The highest BCUT2D eigenvalue weighted by molar-refractivity contribution is 5.89. The summed E-state index contributed by atoms with van der Waals surface area (Å²) in [6.07, 6.45) is -0.244. The van der Waals surface area contributed by atoms with Crippen molar-refractivity contribution < 1.29 is 24.2 Å². The fourth-order valence-electron chi connectivity index (χ4n) is 4.06. The number of likely N-dealkylation sites (tertiary alicyclic amines) is 1. The van der Waals surface area contributed by atoms with E-state index in [0.717, 1.165) is 5.56 Å². The van der Waals surface area contributed by atoms with Crippen LogP contribution >= 0.6 is 0 Å². The highest BCUT2D eigenvalue weighted by Gasteiger charge is 2.43. The summed E-state index contributed by atoms with van der Waals surface area (Å²) >= 11 is 0. The Labute approximate surface area is 180 Å². The molecule has 2 aliphatic rings. The van der Waals surface area contributed by atoms with Gasteiger partial charge in [0, 0.05) is 24.8 Å². The number of benzene rings is 2. The van der Waals surface area contributed by atoms with Crippen LogP contribution in [0.2, 0.25) is 0 Å². The molecule has 2 fully saturated rings. The Morgan fingerprint density at radius 3 is 2.58 bits per heavy atom. The largest absolute Gasteiger partial charge is 0.548 e. The third-order valence-corrected chi connectivity index (χ3v) is 5.64. The molecule has 3 unspecified atom stereocenters. The SMILES string of the molecule is N#Cc1ccc(N2CC(CN3CC(OCC(=O)[O-])C3Cc3ccccc3)OC2=O)cc1. The minimum absolute atomic E-state index is 0.00980. The lowest BCUT2D eigenvalue weighted by Crippen LogP contribution is -2.64. The molecule has 160 valence electrons. The minimum atomic E-state index is -1.24. The average Bonchev–Trinajstić information content (AvgIpc) is 3.15. The Bertz CT molecular complexity index is 973. The van der Waals surface area contributed by atoms with E-state index >= 15 is 0 Å². The van der Waals surface area contributed by atoms with Gasteiger partial charge in [-0.3, -0.25) is 9.80 Å². The van der Waals surface area contributed by atoms with E-state index in [-0.39, 0.29) is 18.2 Å². The number of anilines is 1. The van der Waals surface area contributed by atoms with Crippen LogP contribution < -0.4 is 10.0 Å². The van der Waals surface area contributed by atoms with E-state index in [4.69, 9.17) is 14.7 Å². The maximum atomic E-state index is 12.4. The molecule has 0 bridgehead atoms. The number of hydrogen-bond acceptors (Lipinski definition) is 7. The van der Waals surface area contributed by atoms with Crippen molar-refractivity contribution in [1.29, 1.82) is 5.26 Å². The monoisotopic (exact) mass is 420 g/mol. The number of amides is 1. The third kappa shape index (κ3) is 4.85. The number of rotatable bonds is 8. The number of nitrogens with zero attached hydrogens (tertiary/aromatic N) is 3. The average molecular weight is 420 g/mol. The molecule has 2 aliphatic heterocycles. The molecule has 4 rings (SSSR count). The molecule has 0 spiro atoms. The molecule has 3 atom stereocenters. The molecule has 1 amide bonds. The van der Waals surface area contributed by atoms with Crippen molar-refractivity contribution in [3.63, 3.8) is 0 Å². The lowest BCUT2D eigenvalue weighted by molar-refractivity contribution is -0.312. The second-order valence-electron chi connectivity index (χ2n) is 7.71. The molecule has 0 N–H and O–H groups in total. The molecular weight excluding hydrogens is 398 g/mol. The molecule has 0 aliphatic carbocycles. The number of nitriles is 1. The van der Waals surface area contributed by atoms with Gasteiger partial charge in [-0.2, -0.15) is 5.26 Å². The van der Waals surface area contributed by atoms with Crippen LogP contribution in [0.3, 0.4) is 0 Å². The van der Waals surface area contributed by atoms with Crippen LogP contribution in [0.4, 0.5) is 10.5 Å². The van der Waals surface area contributed by atoms with E-state index in [1.807, 2.05) is 30.3 Å². The number of cyclic esters (lactones) is 1. The zero-order chi connectivity index (χ0) is 21.8. The topological polar surface area (TPSA) is 106 Å². The van der Waals surface area contributed by atoms with Crippen LogP contribution in [-0.4, -0.2) is 61.5 Å². The highest BCUT2D eigenvalue weighted by atomic mass is 16.6. The van der Waals surface area contributed by atoms with Crippen molar-refractivity contribution in [2.45, 2.75) is 24.7 Å². The lowest BCUT2D eigenvalue weighted by atomic mass is 9.91. The fraction of sp³-hybridized carbons (Fsp3) is 0.348. The quantitative estimate of drug-likeness (QED) is 0.626. The minimum Gasteiger partial charge on any atom is -0.548 e. The molecule has 2 saturated heterocycles. The van der Waals surface area contributed by atoms with Crippen molar-refractivity contribution in [1.82, 2.24) is 4.90 Å². The molecule has 8 heteroatoms. The van der Waals surface area contributed by atoms with Gasteiger partial charge in [-0.1, -0.05) is 30.3 Å². The summed E-state index contributed by atoms with van der Waals surface area (Å²) in [6.45, 7) is 1.06. The van der Waals surface area contributed by atoms with Crippen LogP contribution in [0, 0.1) is 11.3 Å². The van der Waals surface area contributed by atoms with Gasteiger partial charge in [0.25, 0.3) is 0 Å². The molecule has 2 aromatic carbocycles.